The number of rotatable bonds is 8. The number of carbonyl (C=O) groups is 1. The first kappa shape index (κ1) is 16.6. The molecule has 2 rings (SSSR count). The van der Waals surface area contributed by atoms with Gasteiger partial charge in [0.05, 0.1) is 5.69 Å². The van der Waals surface area contributed by atoms with Gasteiger partial charge in [-0.2, -0.15) is 5.10 Å². The molecule has 0 saturated carbocycles. The Labute approximate surface area is 133 Å². The van der Waals surface area contributed by atoms with Crippen LogP contribution in [0, 0.1) is 12.8 Å². The number of aryl methyl sites for hydroxylation is 1. The van der Waals surface area contributed by atoms with Crippen molar-refractivity contribution in [3.05, 3.63) is 16.9 Å². The lowest BCUT2D eigenvalue weighted by Crippen LogP contribution is -2.29. The molecule has 22 heavy (non-hydrogen) atoms. The Morgan fingerprint density at radius 2 is 2.32 bits per heavy atom. The Kier molecular flexibility index (Phi) is 6.02. The molecule has 7 nitrogen and oxygen atoms in total. The van der Waals surface area contributed by atoms with Crippen LogP contribution in [0.15, 0.2) is 6.33 Å². The number of aromatic amines is 1. The van der Waals surface area contributed by atoms with Gasteiger partial charge < -0.3 is 10.4 Å². The van der Waals surface area contributed by atoms with Gasteiger partial charge in [0.1, 0.15) is 11.2 Å². The van der Waals surface area contributed by atoms with Crippen LogP contribution in [0.4, 0.5) is 0 Å². The molecule has 0 bridgehead atoms. The molecular formula is C14H21N5O2S. The fourth-order valence-corrected chi connectivity index (χ4v) is 3.20. The van der Waals surface area contributed by atoms with E-state index in [4.69, 9.17) is 5.11 Å². The smallest absolute Gasteiger partial charge is 0.263 e. The summed E-state index contributed by atoms with van der Waals surface area (Å²) < 4.78 is 0. The molecule has 2 aromatic rings. The Morgan fingerprint density at radius 3 is 2.95 bits per heavy atom. The number of aliphatic hydroxyl groups is 1. The Bertz CT molecular complexity index is 590. The molecule has 0 radical (unpaired) electrons. The Balaban J connectivity index is 2.00. The van der Waals surface area contributed by atoms with Gasteiger partial charge in [0.25, 0.3) is 5.91 Å². The lowest BCUT2D eigenvalue weighted by Gasteiger charge is -2.15. The van der Waals surface area contributed by atoms with Crippen LogP contribution in [-0.2, 0) is 0 Å². The number of hydrogen-bond donors (Lipinski definition) is 3. The number of aliphatic hydroxyl groups excluding tert-OH is 1. The van der Waals surface area contributed by atoms with Gasteiger partial charge in [0.15, 0.2) is 10.8 Å². The van der Waals surface area contributed by atoms with Gasteiger partial charge >= 0.3 is 0 Å². The number of aromatic nitrogens is 4. The molecule has 0 aliphatic rings. The summed E-state index contributed by atoms with van der Waals surface area (Å²) in [5.41, 5.74) is 0.683. The third-order valence-corrected chi connectivity index (χ3v) is 4.57. The van der Waals surface area contributed by atoms with E-state index >= 15 is 0 Å². The lowest BCUT2D eigenvalue weighted by molar-refractivity contribution is 0.0946. The average Bonchev–Trinajstić information content (AvgIpc) is 3.14. The van der Waals surface area contributed by atoms with E-state index in [1.165, 1.54) is 17.7 Å². The van der Waals surface area contributed by atoms with Crippen molar-refractivity contribution in [2.75, 3.05) is 13.2 Å². The number of amides is 1. The predicted octanol–water partition coefficient (Wildman–Crippen LogP) is 1.77. The molecule has 1 amide bonds. The maximum absolute atomic E-state index is 12.3. The average molecular weight is 323 g/mol. The van der Waals surface area contributed by atoms with Gasteiger partial charge in [-0.3, -0.25) is 9.89 Å². The first-order chi connectivity index (χ1) is 10.7. The van der Waals surface area contributed by atoms with Crippen molar-refractivity contribution in [2.45, 2.75) is 33.1 Å². The third-order valence-electron chi connectivity index (χ3n) is 3.41. The summed E-state index contributed by atoms with van der Waals surface area (Å²) in [6.07, 6.45) is 4.15. The van der Waals surface area contributed by atoms with Gasteiger partial charge in [-0.05, 0) is 25.7 Å². The lowest BCUT2D eigenvalue weighted by atomic mass is 10.0. The second kappa shape index (κ2) is 8.00. The highest BCUT2D eigenvalue weighted by Crippen LogP contribution is 2.25. The number of H-pyrrole nitrogens is 1. The largest absolute Gasteiger partial charge is 0.396 e. The minimum atomic E-state index is -0.125. The highest BCUT2D eigenvalue weighted by atomic mass is 32.1. The van der Waals surface area contributed by atoms with Crippen LogP contribution in [0.25, 0.3) is 10.8 Å². The molecule has 3 N–H and O–H groups in total. The molecule has 0 aliphatic heterocycles. The van der Waals surface area contributed by atoms with Crippen LogP contribution in [0.2, 0.25) is 0 Å². The van der Waals surface area contributed by atoms with E-state index in [1.807, 2.05) is 6.92 Å². The Morgan fingerprint density at radius 1 is 1.50 bits per heavy atom. The fraction of sp³-hybridized carbons (Fsp3) is 0.571. The number of nitrogens with one attached hydrogen (secondary N) is 2. The van der Waals surface area contributed by atoms with Crippen LogP contribution < -0.4 is 5.32 Å². The summed E-state index contributed by atoms with van der Waals surface area (Å²) in [5.74, 6) is 0.747. The maximum atomic E-state index is 12.3. The van der Waals surface area contributed by atoms with Crippen LogP contribution in [0.3, 0.4) is 0 Å². The highest BCUT2D eigenvalue weighted by Gasteiger charge is 2.18. The minimum Gasteiger partial charge on any atom is -0.396 e. The molecule has 8 heteroatoms. The molecule has 0 fully saturated rings. The summed E-state index contributed by atoms with van der Waals surface area (Å²) in [6, 6.07) is 0. The van der Waals surface area contributed by atoms with E-state index in [0.29, 0.717) is 40.3 Å². The molecular weight excluding hydrogens is 302 g/mol. The molecule has 0 aromatic carbocycles. The SMILES string of the molecule is CCCC(CCO)CNC(=O)c1sc(-c2ncn[nH]2)nc1C. The standard InChI is InChI=1S/C14H21N5O2S/c1-3-4-10(5-6-20)7-15-13(21)11-9(2)18-14(22-11)12-16-8-17-19-12/h8,10,20H,3-7H2,1-2H3,(H,15,21)(H,16,17,19). The summed E-state index contributed by atoms with van der Waals surface area (Å²) in [6.45, 7) is 4.63. The molecule has 0 saturated heterocycles. The van der Waals surface area contributed by atoms with Crippen molar-refractivity contribution in [3.8, 4) is 10.8 Å². The summed E-state index contributed by atoms with van der Waals surface area (Å²) in [5, 5.41) is 19.2. The second-order valence-corrected chi connectivity index (χ2v) is 6.14. The van der Waals surface area contributed by atoms with E-state index in [0.717, 1.165) is 12.8 Å². The zero-order valence-corrected chi connectivity index (χ0v) is 13.6. The van der Waals surface area contributed by atoms with Crippen LogP contribution >= 0.6 is 11.3 Å². The van der Waals surface area contributed by atoms with Crippen LogP contribution in [0.5, 0.6) is 0 Å². The molecule has 2 heterocycles. The van der Waals surface area contributed by atoms with Crippen molar-refractivity contribution in [3.63, 3.8) is 0 Å². The predicted molar refractivity (Wildman–Crippen MR) is 84.7 cm³/mol. The minimum absolute atomic E-state index is 0.125. The van der Waals surface area contributed by atoms with Crippen molar-refractivity contribution >= 4 is 17.2 Å². The van der Waals surface area contributed by atoms with E-state index < -0.39 is 0 Å². The zero-order valence-electron chi connectivity index (χ0n) is 12.8. The van der Waals surface area contributed by atoms with Gasteiger partial charge in [0, 0.05) is 13.2 Å². The van der Waals surface area contributed by atoms with Crippen molar-refractivity contribution in [2.24, 2.45) is 5.92 Å². The maximum Gasteiger partial charge on any atom is 0.263 e. The van der Waals surface area contributed by atoms with Gasteiger partial charge in [-0.25, -0.2) is 9.97 Å². The first-order valence-corrected chi connectivity index (χ1v) is 8.19. The van der Waals surface area contributed by atoms with E-state index in [9.17, 15) is 4.79 Å². The summed E-state index contributed by atoms with van der Waals surface area (Å²) in [4.78, 5) is 21.3. The molecule has 1 unspecified atom stereocenters. The third kappa shape index (κ3) is 4.11. The topological polar surface area (TPSA) is 104 Å². The van der Waals surface area contributed by atoms with Crippen molar-refractivity contribution in [1.29, 1.82) is 0 Å². The number of hydrogen-bond acceptors (Lipinski definition) is 6. The van der Waals surface area contributed by atoms with E-state index in [2.05, 4.69) is 32.4 Å². The van der Waals surface area contributed by atoms with E-state index in [1.54, 1.807) is 0 Å². The van der Waals surface area contributed by atoms with Crippen molar-refractivity contribution in [1.82, 2.24) is 25.5 Å². The molecule has 120 valence electrons. The monoisotopic (exact) mass is 323 g/mol. The number of nitrogens with zero attached hydrogens (tertiary/aromatic N) is 3. The summed E-state index contributed by atoms with van der Waals surface area (Å²) in [7, 11) is 0. The quantitative estimate of drug-likeness (QED) is 0.687. The zero-order chi connectivity index (χ0) is 15.9. The van der Waals surface area contributed by atoms with Crippen molar-refractivity contribution < 1.29 is 9.90 Å². The van der Waals surface area contributed by atoms with Crippen LogP contribution in [0.1, 0.15) is 41.6 Å². The van der Waals surface area contributed by atoms with Crippen LogP contribution in [-0.4, -0.2) is 44.3 Å². The molecule has 0 spiro atoms. The van der Waals surface area contributed by atoms with Gasteiger partial charge in [-0.15, -0.1) is 11.3 Å². The number of thiazole rings is 1. The van der Waals surface area contributed by atoms with E-state index in [-0.39, 0.29) is 12.5 Å². The summed E-state index contributed by atoms with van der Waals surface area (Å²) >= 11 is 1.30. The fourth-order valence-electron chi connectivity index (χ4n) is 2.27. The Hall–Kier alpha value is -1.80. The van der Waals surface area contributed by atoms with Gasteiger partial charge in [-0.1, -0.05) is 13.3 Å². The molecule has 0 aliphatic carbocycles. The second-order valence-electron chi connectivity index (χ2n) is 5.14. The number of carbonyl (C=O) groups excluding carboxylic acids is 1. The molecule has 2 aromatic heterocycles. The van der Waals surface area contributed by atoms with Gasteiger partial charge in [0.2, 0.25) is 0 Å². The molecule has 1 atom stereocenters. The highest BCUT2D eigenvalue weighted by molar-refractivity contribution is 7.17. The normalized spacial score (nSPS) is 12.3. The first-order valence-electron chi connectivity index (χ1n) is 7.37.